The van der Waals surface area contributed by atoms with Crippen LogP contribution in [0.4, 0.5) is 0 Å². The van der Waals surface area contributed by atoms with E-state index in [4.69, 9.17) is 11.5 Å². The number of primary amides is 1. The summed E-state index contributed by atoms with van der Waals surface area (Å²) in [6.45, 7) is 5.44. The van der Waals surface area contributed by atoms with Crippen molar-refractivity contribution in [2.45, 2.75) is 96.0 Å². The second kappa shape index (κ2) is 14.8. The molecule has 0 aliphatic heterocycles. The van der Waals surface area contributed by atoms with Crippen LogP contribution in [0.25, 0.3) is 10.9 Å². The first-order valence-corrected chi connectivity index (χ1v) is 15.7. The van der Waals surface area contributed by atoms with E-state index in [2.05, 4.69) is 4.98 Å². The molecule has 45 heavy (non-hydrogen) atoms. The van der Waals surface area contributed by atoms with Crippen LogP contribution in [-0.4, -0.2) is 67.4 Å². The van der Waals surface area contributed by atoms with Crippen LogP contribution < -0.4 is 11.5 Å². The zero-order valence-electron chi connectivity index (χ0n) is 26.4. The molecule has 0 radical (unpaired) electrons. The van der Waals surface area contributed by atoms with Crippen LogP contribution >= 0.6 is 0 Å². The number of pyridine rings is 1. The predicted molar refractivity (Wildman–Crippen MR) is 172 cm³/mol. The van der Waals surface area contributed by atoms with E-state index in [1.54, 1.807) is 18.2 Å². The molecule has 0 unspecified atom stereocenters. The van der Waals surface area contributed by atoms with Crippen molar-refractivity contribution in [1.29, 1.82) is 0 Å². The summed E-state index contributed by atoms with van der Waals surface area (Å²) in [5.74, 6) is -3.15. The number of aliphatic hydroxyl groups excluding tert-OH is 1. The molecule has 2 aromatic carbocycles. The molecule has 5 N–H and O–H groups in total. The molecule has 0 spiro atoms. The standard InChI is InChI=1S/C35H45N5O5/c1-35(2,3)40(32(43)25-15-8-5-9-16-25)31(29(41)21-18-23-12-6-4-7-13-23)39(33(44)26(36)22-30(37)42)34(45)28-20-19-24-14-10-11-17-27(24)38-28/h4,6-7,10-14,17,19-20,25-26,29,31,41H,5,8-9,15-16,18,21-22,36H2,1-3H3,(H2,37,42)/t26-,29-,31-/m0/s1. The minimum Gasteiger partial charge on any atom is -0.389 e. The molecule has 10 nitrogen and oxygen atoms in total. The smallest absolute Gasteiger partial charge is 0.280 e. The van der Waals surface area contributed by atoms with E-state index in [0.29, 0.717) is 24.8 Å². The first-order chi connectivity index (χ1) is 21.4. The molecule has 10 heteroatoms. The van der Waals surface area contributed by atoms with Gasteiger partial charge in [-0.3, -0.25) is 24.1 Å². The molecular weight excluding hydrogens is 570 g/mol. The molecule has 4 rings (SSSR count). The molecule has 1 aliphatic carbocycles. The molecule has 240 valence electrons. The number of para-hydroxylation sites is 1. The Labute approximate surface area is 264 Å². The van der Waals surface area contributed by atoms with Gasteiger partial charge in [0.05, 0.1) is 24.1 Å². The van der Waals surface area contributed by atoms with Crippen LogP contribution in [0.5, 0.6) is 0 Å². The third-order valence-electron chi connectivity index (χ3n) is 8.37. The number of hydrogen-bond donors (Lipinski definition) is 3. The van der Waals surface area contributed by atoms with E-state index in [9.17, 15) is 24.3 Å². The number of rotatable bonds is 11. The highest BCUT2D eigenvalue weighted by Crippen LogP contribution is 2.33. The third kappa shape index (κ3) is 8.32. The average Bonchev–Trinajstić information content (AvgIpc) is 3.02. The van der Waals surface area contributed by atoms with Crippen molar-refractivity contribution in [3.05, 3.63) is 78.0 Å². The summed E-state index contributed by atoms with van der Waals surface area (Å²) in [6.07, 6.45) is 1.40. The Morgan fingerprint density at radius 2 is 1.58 bits per heavy atom. The largest absolute Gasteiger partial charge is 0.389 e. The van der Waals surface area contributed by atoms with E-state index in [1.165, 1.54) is 11.0 Å². The summed E-state index contributed by atoms with van der Waals surface area (Å²) in [6, 6.07) is 18.5. The Hall–Kier alpha value is -4.15. The lowest BCUT2D eigenvalue weighted by atomic mass is 9.86. The number of imide groups is 1. The Morgan fingerprint density at radius 3 is 2.22 bits per heavy atom. The quantitative estimate of drug-likeness (QED) is 0.276. The van der Waals surface area contributed by atoms with Gasteiger partial charge < -0.3 is 21.5 Å². The van der Waals surface area contributed by atoms with Gasteiger partial charge in [-0.1, -0.05) is 73.9 Å². The second-order valence-corrected chi connectivity index (χ2v) is 12.9. The minimum atomic E-state index is -1.48. The molecular formula is C35H45N5O5. The summed E-state index contributed by atoms with van der Waals surface area (Å²) < 4.78 is 0. The zero-order valence-corrected chi connectivity index (χ0v) is 26.4. The Kier molecular flexibility index (Phi) is 11.1. The lowest BCUT2D eigenvalue weighted by Crippen LogP contribution is -2.67. The summed E-state index contributed by atoms with van der Waals surface area (Å²) in [5.41, 5.74) is 12.1. The maximum Gasteiger partial charge on any atom is 0.280 e. The first-order valence-electron chi connectivity index (χ1n) is 15.7. The van der Waals surface area contributed by atoms with Gasteiger partial charge in [0.25, 0.3) is 5.91 Å². The van der Waals surface area contributed by atoms with Crippen molar-refractivity contribution in [3.63, 3.8) is 0 Å². The molecule has 3 aromatic rings. The van der Waals surface area contributed by atoms with E-state index in [-0.39, 0.29) is 23.9 Å². The van der Waals surface area contributed by atoms with Gasteiger partial charge in [-0.05, 0) is 64.2 Å². The topological polar surface area (TPSA) is 160 Å². The number of aryl methyl sites for hydroxylation is 1. The fourth-order valence-electron chi connectivity index (χ4n) is 6.11. The average molecular weight is 616 g/mol. The van der Waals surface area contributed by atoms with Crippen LogP contribution in [-0.2, 0) is 20.8 Å². The first kappa shape index (κ1) is 33.7. The Balaban J connectivity index is 1.86. The number of carbonyl (C=O) groups is 4. The number of hydrogen-bond acceptors (Lipinski definition) is 7. The summed E-state index contributed by atoms with van der Waals surface area (Å²) in [7, 11) is 0. The number of benzene rings is 2. The van der Waals surface area contributed by atoms with Gasteiger partial charge in [-0.15, -0.1) is 0 Å². The van der Waals surface area contributed by atoms with E-state index >= 15 is 0 Å². The highest BCUT2D eigenvalue weighted by atomic mass is 16.3. The highest BCUT2D eigenvalue weighted by Gasteiger charge is 2.47. The van der Waals surface area contributed by atoms with Crippen molar-refractivity contribution >= 4 is 34.5 Å². The van der Waals surface area contributed by atoms with Crippen LogP contribution in [0, 0.1) is 5.92 Å². The number of amides is 4. The van der Waals surface area contributed by atoms with Gasteiger partial charge >= 0.3 is 0 Å². The third-order valence-corrected chi connectivity index (χ3v) is 8.37. The number of nitrogens with two attached hydrogens (primary N) is 2. The second-order valence-electron chi connectivity index (χ2n) is 12.9. The number of aliphatic hydroxyl groups is 1. The number of aromatic nitrogens is 1. The van der Waals surface area contributed by atoms with E-state index in [0.717, 1.165) is 35.1 Å². The molecule has 1 heterocycles. The Bertz CT molecular complexity index is 1500. The van der Waals surface area contributed by atoms with Crippen molar-refractivity contribution < 1.29 is 24.3 Å². The fourth-order valence-corrected chi connectivity index (χ4v) is 6.11. The molecule has 0 bridgehead atoms. The molecule has 1 fully saturated rings. The summed E-state index contributed by atoms with van der Waals surface area (Å²) in [4.78, 5) is 61.8. The minimum absolute atomic E-state index is 0.0624. The van der Waals surface area contributed by atoms with Gasteiger partial charge in [0.15, 0.2) is 0 Å². The molecule has 4 amide bonds. The Morgan fingerprint density at radius 1 is 0.933 bits per heavy atom. The number of fused-ring (bicyclic) bond motifs is 1. The van der Waals surface area contributed by atoms with Gasteiger partial charge in [-0.2, -0.15) is 0 Å². The highest BCUT2D eigenvalue weighted by molar-refractivity contribution is 6.07. The van der Waals surface area contributed by atoms with Gasteiger partial charge in [0.1, 0.15) is 11.9 Å². The van der Waals surface area contributed by atoms with Gasteiger partial charge in [0, 0.05) is 16.8 Å². The fraction of sp³-hybridized carbons (Fsp3) is 0.457. The lowest BCUT2D eigenvalue weighted by Gasteiger charge is -2.49. The van der Waals surface area contributed by atoms with Crippen molar-refractivity contribution in [2.75, 3.05) is 0 Å². The van der Waals surface area contributed by atoms with Crippen molar-refractivity contribution in [3.8, 4) is 0 Å². The van der Waals surface area contributed by atoms with Crippen LogP contribution in [0.1, 0.15) is 81.8 Å². The number of nitrogens with zero attached hydrogens (tertiary/aromatic N) is 3. The normalized spacial score (nSPS) is 16.0. The van der Waals surface area contributed by atoms with Crippen molar-refractivity contribution in [1.82, 2.24) is 14.8 Å². The molecule has 3 atom stereocenters. The van der Waals surface area contributed by atoms with Crippen LogP contribution in [0.3, 0.4) is 0 Å². The molecule has 0 saturated heterocycles. The van der Waals surface area contributed by atoms with Crippen LogP contribution in [0.2, 0.25) is 0 Å². The maximum atomic E-state index is 14.5. The molecule has 1 aromatic heterocycles. The SMILES string of the molecule is CC(C)(C)N(C(=O)C1CCCCC1)[C@@H]([C@@H](O)CCc1ccccc1)N(C(=O)c1ccc2ccccc2n1)C(=O)[C@@H](N)CC(N)=O. The molecule has 1 saturated carbocycles. The number of carbonyl (C=O) groups excluding carboxylic acids is 4. The van der Waals surface area contributed by atoms with E-state index in [1.807, 2.05) is 63.2 Å². The van der Waals surface area contributed by atoms with Gasteiger partial charge in [-0.25, -0.2) is 4.98 Å². The van der Waals surface area contributed by atoms with E-state index < -0.39 is 48.0 Å². The zero-order chi connectivity index (χ0) is 32.7. The summed E-state index contributed by atoms with van der Waals surface area (Å²) >= 11 is 0. The monoisotopic (exact) mass is 615 g/mol. The summed E-state index contributed by atoms with van der Waals surface area (Å²) in [5, 5.41) is 12.8. The molecule has 1 aliphatic rings. The van der Waals surface area contributed by atoms with Gasteiger partial charge in [0.2, 0.25) is 17.7 Å². The lowest BCUT2D eigenvalue weighted by molar-refractivity contribution is -0.162. The van der Waals surface area contributed by atoms with Crippen LogP contribution in [0.15, 0.2) is 66.7 Å². The predicted octanol–water partition coefficient (Wildman–Crippen LogP) is 3.93. The van der Waals surface area contributed by atoms with Crippen molar-refractivity contribution in [2.24, 2.45) is 17.4 Å². The maximum absolute atomic E-state index is 14.5.